The highest BCUT2D eigenvalue weighted by molar-refractivity contribution is 8.00. The lowest BCUT2D eigenvalue weighted by molar-refractivity contribution is -0.689. The van der Waals surface area contributed by atoms with Crippen LogP contribution in [0.1, 0.15) is 12.7 Å². The van der Waals surface area contributed by atoms with E-state index < -0.39 is 36.8 Å². The van der Waals surface area contributed by atoms with Gasteiger partial charge in [0.2, 0.25) is 16.7 Å². The number of nitrogens with zero attached hydrogens (tertiary/aromatic N) is 5. The van der Waals surface area contributed by atoms with Gasteiger partial charge >= 0.3 is 0 Å². The average Bonchev–Trinajstić information content (AvgIpc) is 3.29. The quantitative estimate of drug-likeness (QED) is 0.0813. The number of nitrogens with two attached hydrogens (primary N) is 2. The number of carbonyl (C=O) groups excluding carboxylic acids is 3. The number of rotatable bonds is 10. The van der Waals surface area contributed by atoms with Gasteiger partial charge in [-0.2, -0.15) is 9.36 Å². The summed E-state index contributed by atoms with van der Waals surface area (Å²) in [5.41, 5.74) is 10.5. The van der Waals surface area contributed by atoms with E-state index >= 15 is 0 Å². The number of oxime groups is 1. The van der Waals surface area contributed by atoms with E-state index in [2.05, 4.69) is 24.9 Å². The monoisotopic (exact) mass is 567 g/mol. The second-order valence-corrected chi connectivity index (χ2v) is 11.2. The minimum absolute atomic E-state index is 0.0124. The lowest BCUT2D eigenvalue weighted by Gasteiger charge is -2.50. The molecule has 2 aliphatic heterocycles. The van der Waals surface area contributed by atoms with Crippen molar-refractivity contribution in [2.75, 3.05) is 17.4 Å². The van der Waals surface area contributed by atoms with Gasteiger partial charge in [0.25, 0.3) is 19.4 Å². The Labute approximate surface area is 218 Å². The van der Waals surface area contributed by atoms with Gasteiger partial charge in [0.15, 0.2) is 18.9 Å². The maximum atomic E-state index is 13.0. The van der Waals surface area contributed by atoms with Gasteiger partial charge in [-0.05, 0) is 6.92 Å². The molecule has 0 radical (unpaired) electrons. The number of carboxylic acids is 1. The van der Waals surface area contributed by atoms with Gasteiger partial charge in [0, 0.05) is 35.0 Å². The molecule has 0 spiro atoms. The van der Waals surface area contributed by atoms with Crippen LogP contribution in [0, 0.1) is 0 Å². The lowest BCUT2D eigenvalue weighted by Crippen LogP contribution is -2.71. The number of β-lactam (4-membered cyclic amide) rings is 1. The highest BCUT2D eigenvalue weighted by Crippen LogP contribution is 2.40. The number of aromatic nitrogens is 3. The van der Waals surface area contributed by atoms with Crippen molar-refractivity contribution in [2.45, 2.75) is 24.9 Å². The highest BCUT2D eigenvalue weighted by Gasteiger charge is 2.53. The fraction of sp³-hybridized carbons (Fsp3) is 0.316. The number of hydrogen-bond donors (Lipinski definition) is 4. The molecule has 196 valence electrons. The molecule has 0 aliphatic carbocycles. The Bertz CT molecular complexity index is 1330. The molecule has 1 unspecified atom stereocenters. The highest BCUT2D eigenvalue weighted by atomic mass is 32.2. The van der Waals surface area contributed by atoms with Crippen molar-refractivity contribution in [3.05, 3.63) is 47.7 Å². The third-order valence-corrected chi connectivity index (χ3v) is 7.77. The summed E-state index contributed by atoms with van der Waals surface area (Å²) < 4.78 is 17.4. The number of amides is 2. The van der Waals surface area contributed by atoms with Gasteiger partial charge in [0.1, 0.15) is 18.0 Å². The Kier molecular flexibility index (Phi) is 7.89. The molecule has 2 aliphatic rings. The lowest BCUT2D eigenvalue weighted by atomic mass is 10.0. The number of thioether (sulfide) groups is 1. The Morgan fingerprint density at radius 1 is 1.35 bits per heavy atom. The van der Waals surface area contributed by atoms with Gasteiger partial charge in [-0.25, -0.2) is 4.57 Å². The predicted molar refractivity (Wildman–Crippen MR) is 131 cm³/mol. The second kappa shape index (κ2) is 10.9. The minimum Gasteiger partial charge on any atom is -0.543 e. The van der Waals surface area contributed by atoms with Crippen molar-refractivity contribution in [1.29, 1.82) is 0 Å². The summed E-state index contributed by atoms with van der Waals surface area (Å²) in [5, 5.41) is 19.9. The predicted octanol–water partition coefficient (Wildman–Crippen LogP) is -1.89. The van der Waals surface area contributed by atoms with E-state index in [9.17, 15) is 24.1 Å². The molecule has 0 saturated carbocycles. The third kappa shape index (κ3) is 5.97. The Balaban J connectivity index is 1.52. The van der Waals surface area contributed by atoms with E-state index in [1.165, 1.54) is 11.8 Å². The molecular formula is C19H22N9O6PS2. The molecule has 6 N–H and O–H groups in total. The van der Waals surface area contributed by atoms with Crippen molar-refractivity contribution in [3.8, 4) is 0 Å². The summed E-state index contributed by atoms with van der Waals surface area (Å²) in [6, 6.07) is 4.41. The topological polar surface area (TPSA) is 222 Å². The van der Waals surface area contributed by atoms with Crippen LogP contribution in [0.15, 0.2) is 47.0 Å². The molecule has 1 fully saturated rings. The number of pyridine rings is 1. The first-order valence-corrected chi connectivity index (χ1v) is 14.4. The fourth-order valence-electron chi connectivity index (χ4n) is 3.59. The van der Waals surface area contributed by atoms with Gasteiger partial charge in [-0.3, -0.25) is 35.1 Å². The smallest absolute Gasteiger partial charge is 0.299 e. The van der Waals surface area contributed by atoms with Crippen LogP contribution in [0.4, 0.5) is 5.13 Å². The molecule has 18 heteroatoms. The third-order valence-electron chi connectivity index (χ3n) is 5.09. The molecule has 2 amide bonds. The molecule has 15 nitrogen and oxygen atoms in total. The summed E-state index contributed by atoms with van der Waals surface area (Å²) >= 11 is 2.05. The molecule has 1 saturated heterocycles. The van der Waals surface area contributed by atoms with Crippen LogP contribution >= 0.6 is 30.9 Å². The molecule has 4 rings (SSSR count). The molecule has 2 aromatic rings. The van der Waals surface area contributed by atoms with Gasteiger partial charge in [-0.15, -0.1) is 11.8 Å². The number of carbonyl (C=O) groups is 3. The molecule has 4 heterocycles. The number of anilines is 1. The zero-order valence-electron chi connectivity index (χ0n) is 19.3. The molecule has 0 bridgehead atoms. The summed E-state index contributed by atoms with van der Waals surface area (Å²) in [4.78, 5) is 48.1. The number of carboxylic acid groups (broad SMARTS) is 1. The molecule has 37 heavy (non-hydrogen) atoms. The summed E-state index contributed by atoms with van der Waals surface area (Å²) in [5.74, 6) is -2.78. The van der Waals surface area contributed by atoms with Gasteiger partial charge < -0.3 is 20.1 Å². The SMILES string of the molecule is CCON=C(C(=O)NC1C(=O)N2C(C(=O)[O-])=C(C[n+]3ccccc3)CS[C@@H]12)c1nsc(NP(N)(N)=O)n1. The van der Waals surface area contributed by atoms with E-state index in [1.807, 2.05) is 6.07 Å². The Morgan fingerprint density at radius 2 is 2.08 bits per heavy atom. The van der Waals surface area contributed by atoms with Crippen molar-refractivity contribution in [2.24, 2.45) is 16.2 Å². The van der Waals surface area contributed by atoms with Crippen LogP contribution < -0.4 is 31.1 Å². The molecule has 2 atom stereocenters. The number of hydrogen-bond acceptors (Lipinski definition) is 11. The van der Waals surface area contributed by atoms with Gasteiger partial charge in [-0.1, -0.05) is 11.2 Å². The summed E-state index contributed by atoms with van der Waals surface area (Å²) in [6.45, 7) is 2.04. The summed E-state index contributed by atoms with van der Waals surface area (Å²) in [7, 11) is -3.66. The van der Waals surface area contributed by atoms with Crippen molar-refractivity contribution >= 4 is 59.5 Å². The molecular weight excluding hydrogens is 545 g/mol. The first-order chi connectivity index (χ1) is 17.6. The zero-order valence-corrected chi connectivity index (χ0v) is 21.8. The number of aliphatic carboxylic acids is 1. The zero-order chi connectivity index (χ0) is 26.7. The Hall–Kier alpha value is -3.37. The fourth-order valence-corrected chi connectivity index (χ4v) is 6.29. The number of fused-ring (bicyclic) bond motifs is 1. The van der Waals surface area contributed by atoms with Crippen molar-refractivity contribution in [3.63, 3.8) is 0 Å². The van der Waals surface area contributed by atoms with E-state index in [0.717, 1.165) is 16.4 Å². The largest absolute Gasteiger partial charge is 0.543 e. The van der Waals surface area contributed by atoms with Gasteiger partial charge in [0.05, 0.1) is 11.7 Å². The van der Waals surface area contributed by atoms with Crippen LogP contribution in [0.5, 0.6) is 0 Å². The van der Waals surface area contributed by atoms with E-state index in [1.54, 1.807) is 36.0 Å². The maximum Gasteiger partial charge on any atom is 0.299 e. The average molecular weight is 568 g/mol. The van der Waals surface area contributed by atoms with Crippen LogP contribution in [0.25, 0.3) is 0 Å². The first kappa shape index (κ1) is 26.7. The van der Waals surface area contributed by atoms with E-state index in [0.29, 0.717) is 11.3 Å². The van der Waals surface area contributed by atoms with Crippen molar-refractivity contribution in [1.82, 2.24) is 19.6 Å². The maximum absolute atomic E-state index is 13.0. The van der Waals surface area contributed by atoms with Crippen LogP contribution in [0.2, 0.25) is 0 Å². The second-order valence-electron chi connectivity index (χ2n) is 7.75. The number of nitrogens with one attached hydrogen (secondary N) is 2. The molecule has 0 aromatic carbocycles. The van der Waals surface area contributed by atoms with Crippen LogP contribution in [-0.4, -0.2) is 61.5 Å². The molecule has 2 aromatic heterocycles. The first-order valence-electron chi connectivity index (χ1n) is 10.7. The normalized spacial score (nSPS) is 19.7. The standard InChI is InChI=1S/C19H22N9O6PS2/c1-2-34-24-11(14-23-19(37-26-14)25-35(20,21)33)15(29)22-12-16(30)28-13(18(31)32)10(9-36-17(12)28)8-27-6-4-3-5-7-27/h3-7,12,17H,2,8-9H2,1H3,(H6-,20,21,22,23,25,26,29,31,32,33)/t12?,17-/m0/s1. The van der Waals surface area contributed by atoms with Crippen molar-refractivity contribution < 1.29 is 33.5 Å². The van der Waals surface area contributed by atoms with E-state index in [-0.39, 0.29) is 35.5 Å². The van der Waals surface area contributed by atoms with Crippen LogP contribution in [-0.2, 0) is 30.3 Å². The summed E-state index contributed by atoms with van der Waals surface area (Å²) in [6.07, 6.45) is 3.56. The minimum atomic E-state index is -3.66. The van der Waals surface area contributed by atoms with E-state index in [4.69, 9.17) is 15.8 Å². The Morgan fingerprint density at radius 3 is 2.73 bits per heavy atom. The van der Waals surface area contributed by atoms with Crippen LogP contribution in [0.3, 0.4) is 0 Å².